The Kier molecular flexibility index (Phi) is 21.0. The van der Waals surface area contributed by atoms with Crippen LogP contribution in [0.5, 0.6) is 11.5 Å². The first-order chi connectivity index (χ1) is 43.1. The van der Waals surface area contributed by atoms with Gasteiger partial charge in [-0.05, 0) is 83.9 Å². The number of carbonyl (C=O) groups is 3. The van der Waals surface area contributed by atoms with Crippen LogP contribution in [0, 0.1) is 0 Å². The zero-order chi connectivity index (χ0) is 66.2. The minimum absolute atomic E-state index is 0.0238. The lowest BCUT2D eigenvalue weighted by molar-refractivity contribution is -0.140. The lowest BCUT2D eigenvalue weighted by atomic mass is 9.97. The summed E-state index contributed by atoms with van der Waals surface area (Å²) in [4.78, 5) is 88.3. The van der Waals surface area contributed by atoms with Crippen molar-refractivity contribution < 1.29 is 45.8 Å². The molecule has 0 bridgehead atoms. The van der Waals surface area contributed by atoms with Crippen LogP contribution in [-0.4, -0.2) is 153 Å². The Bertz CT molecular complexity index is 4270. The Morgan fingerprint density at radius 1 is 0.593 bits per heavy atom. The number of rotatable bonds is 20. The van der Waals surface area contributed by atoms with Gasteiger partial charge in [-0.1, -0.05) is 48.7 Å². The maximum absolute atomic E-state index is 12.7. The molecule has 0 saturated carbocycles. The van der Waals surface area contributed by atoms with Crippen molar-refractivity contribution in [3.63, 3.8) is 0 Å². The van der Waals surface area contributed by atoms with Crippen LogP contribution in [0.1, 0.15) is 61.3 Å². The quantitative estimate of drug-likeness (QED) is 0.0329. The summed E-state index contributed by atoms with van der Waals surface area (Å²) in [6, 6.07) is 11.9. The highest BCUT2D eigenvalue weighted by Crippen LogP contribution is 2.38. The van der Waals surface area contributed by atoms with E-state index in [1.165, 1.54) is 40.5 Å². The predicted octanol–water partition coefficient (Wildman–Crippen LogP) is 12.1. The second-order valence-electron chi connectivity index (χ2n) is 21.5. The molecule has 10 rings (SSSR count). The van der Waals surface area contributed by atoms with Gasteiger partial charge in [0.1, 0.15) is 57.6 Å². The molecule has 0 aliphatic carbocycles. The van der Waals surface area contributed by atoms with E-state index >= 15 is 0 Å². The number of benzene rings is 1. The molecule has 480 valence electrons. The Labute approximate surface area is 532 Å². The summed E-state index contributed by atoms with van der Waals surface area (Å²) in [7, 11) is 4.74. The molecule has 91 heavy (non-hydrogen) atoms. The van der Waals surface area contributed by atoms with Gasteiger partial charge >= 0.3 is 6.18 Å². The number of anilines is 3. The summed E-state index contributed by atoms with van der Waals surface area (Å²) in [5, 5.41) is 17.6. The first-order valence-electron chi connectivity index (χ1n) is 28.1. The fraction of sp³-hybridized carbons (Fsp3) is 0.333. The first kappa shape index (κ1) is 67.6. The Morgan fingerprint density at radius 2 is 1.05 bits per heavy atom. The van der Waals surface area contributed by atoms with Crippen molar-refractivity contribution in [1.82, 2.24) is 75.3 Å². The molecule has 0 aliphatic heterocycles. The number of nitrogens with one attached hydrogen (secondary N) is 8. The Balaban J connectivity index is 0.000000178. The van der Waals surface area contributed by atoms with Crippen LogP contribution in [0.4, 0.5) is 39.4 Å². The van der Waals surface area contributed by atoms with Gasteiger partial charge in [-0.2, -0.15) is 13.2 Å². The van der Waals surface area contributed by atoms with Crippen molar-refractivity contribution in [2.24, 2.45) is 0 Å². The van der Waals surface area contributed by atoms with Gasteiger partial charge in [-0.25, -0.2) is 53.6 Å². The maximum Gasteiger partial charge on any atom is 0.405 e. The minimum Gasteiger partial charge on any atom is -0.493 e. The molecule has 10 aromatic rings. The normalized spacial score (nSPS) is 12.9. The van der Waals surface area contributed by atoms with E-state index in [0.717, 1.165) is 22.0 Å². The number of amides is 3. The molecule has 1 aromatic carbocycles. The van der Waals surface area contributed by atoms with E-state index in [1.807, 2.05) is 38.4 Å². The number of alkyl halides is 5. The fourth-order valence-electron chi connectivity index (χ4n) is 9.12. The molecule has 0 radical (unpaired) electrons. The summed E-state index contributed by atoms with van der Waals surface area (Å²) in [5.74, 6) is 1.81. The third-order valence-electron chi connectivity index (χ3n) is 14.6. The number of H-pyrrole nitrogens is 3. The Morgan fingerprint density at radius 3 is 1.49 bits per heavy atom. The van der Waals surface area contributed by atoms with Crippen molar-refractivity contribution in [3.05, 3.63) is 107 Å². The monoisotopic (exact) mass is 1320 g/mol. The number of nitrogens with zero attached hydrogens (tertiary/aromatic N) is 10. The molecule has 8 N–H and O–H groups in total. The number of methoxy groups -OCH3 is 2. The van der Waals surface area contributed by atoms with E-state index in [-0.39, 0.29) is 17.5 Å². The van der Waals surface area contributed by atoms with Gasteiger partial charge in [0.15, 0.2) is 29.0 Å². The molecular formula is C60H64Cl3F5N18O5. The first-order valence-corrected chi connectivity index (χ1v) is 29.3. The number of ether oxygens (including phenoxy) is 2. The number of aromatic nitrogens is 12. The second-order valence-corrected chi connectivity index (χ2v) is 22.8. The summed E-state index contributed by atoms with van der Waals surface area (Å²) in [5.41, 5.74) is 1.13. The SMILES string of the molecule is CCN(C)C(=O)[C@@](C)(CC)Nc1ccnc(-c2c[nH]c3ncc(Cl)cc23)n1.CC[C@@](C)(Nc1ccnc(-c2c[nH]c3ncc(Cl)cc23)n1)C(=O)NCC(F)F.COc1cc2nc(-c3c[nH]c4ncc(Cl)cc34)nc(NC(C)(C)C(=O)NCC(F)(F)F)c2cc1OC. The summed E-state index contributed by atoms with van der Waals surface area (Å²) in [6.07, 6.45) is 6.88. The van der Waals surface area contributed by atoms with E-state index in [4.69, 9.17) is 44.3 Å². The number of hydrogen-bond acceptors (Lipinski definition) is 17. The largest absolute Gasteiger partial charge is 0.493 e. The van der Waals surface area contributed by atoms with Gasteiger partial charge in [-0.15, -0.1) is 0 Å². The number of hydrogen-bond donors (Lipinski definition) is 8. The van der Waals surface area contributed by atoms with E-state index < -0.39 is 54.1 Å². The molecule has 0 fully saturated rings. The number of likely N-dealkylation sites (N-methyl/N-ethyl adjacent to an activating group) is 1. The van der Waals surface area contributed by atoms with Gasteiger partial charge in [0.25, 0.3) is 6.43 Å². The van der Waals surface area contributed by atoms with Crippen LogP contribution >= 0.6 is 34.8 Å². The standard InChI is InChI=1S/C23H22ClF3N6O3.C19H23ClN6O.C18H19ClF2N6O/c1-22(2,21(34)30-10-23(25,26)27)33-20-13-6-16(35-3)17(36-4)7-15(13)31-19(32-20)14-9-29-18-12(14)5-11(24)8-28-18;1-5-19(3,18(27)26(4)6-2)25-15-7-8-21-17(24-15)14-11-23-16-13(14)9-12(20)10-22-16;1-3-18(2,17(28)25-9-13(20)21)27-14-4-5-22-16(26-14)12-8-24-15-11(12)6-10(19)7-23-15/h5-9H,10H2,1-4H3,(H,28,29)(H,30,34)(H,31,32,33);7-11H,5-6H2,1-4H3,(H,22,23)(H,21,24,25);4-8,13H,3,9H2,1-2H3,(H,23,24)(H,25,28)(H,22,26,27)/t;19-;18-/m.11/s1. The molecule has 3 amide bonds. The zero-order valence-corrected chi connectivity index (χ0v) is 53.1. The van der Waals surface area contributed by atoms with Gasteiger partial charge < -0.3 is 55.9 Å². The summed E-state index contributed by atoms with van der Waals surface area (Å²) < 4.78 is 73.6. The number of aromatic amines is 3. The third-order valence-corrected chi connectivity index (χ3v) is 15.2. The van der Waals surface area contributed by atoms with E-state index in [0.29, 0.717) is 108 Å². The summed E-state index contributed by atoms with van der Waals surface area (Å²) >= 11 is 18.2. The topological polar surface area (TPSA) is 296 Å². The lowest BCUT2D eigenvalue weighted by Crippen LogP contribution is -2.51. The van der Waals surface area contributed by atoms with Crippen LogP contribution in [-0.2, 0) is 14.4 Å². The summed E-state index contributed by atoms with van der Waals surface area (Å²) in [6.45, 7) is 10.6. The third kappa shape index (κ3) is 16.0. The van der Waals surface area contributed by atoms with Crippen LogP contribution in [0.25, 0.3) is 78.2 Å². The van der Waals surface area contributed by atoms with Crippen molar-refractivity contribution >= 4 is 114 Å². The smallest absolute Gasteiger partial charge is 0.405 e. The molecule has 9 heterocycles. The van der Waals surface area contributed by atoms with Gasteiger partial charge in [0, 0.05) is 107 Å². The lowest BCUT2D eigenvalue weighted by Gasteiger charge is -2.32. The average Bonchev–Trinajstić information content (AvgIpc) is 1.77. The molecule has 0 saturated heterocycles. The molecule has 31 heteroatoms. The molecule has 9 aromatic heterocycles. The number of fused-ring (bicyclic) bond motifs is 4. The molecule has 0 spiro atoms. The van der Waals surface area contributed by atoms with E-state index in [2.05, 4.69) is 81.1 Å². The van der Waals surface area contributed by atoms with Gasteiger partial charge in [0.2, 0.25) is 17.7 Å². The number of pyridine rings is 3. The van der Waals surface area contributed by atoms with Crippen molar-refractivity contribution in [2.45, 2.75) is 90.5 Å². The maximum atomic E-state index is 12.7. The second kappa shape index (κ2) is 28.3. The zero-order valence-electron chi connectivity index (χ0n) is 50.8. The highest BCUT2D eigenvalue weighted by atomic mass is 35.5. The van der Waals surface area contributed by atoms with Crippen molar-refractivity contribution in [3.8, 4) is 45.7 Å². The highest BCUT2D eigenvalue weighted by molar-refractivity contribution is 6.32. The molecule has 0 unspecified atom stereocenters. The van der Waals surface area contributed by atoms with Crippen molar-refractivity contribution in [1.29, 1.82) is 0 Å². The van der Waals surface area contributed by atoms with Crippen LogP contribution < -0.4 is 36.1 Å². The van der Waals surface area contributed by atoms with Gasteiger partial charge in [0.05, 0.1) is 41.3 Å². The molecule has 0 aliphatic rings. The van der Waals surface area contributed by atoms with E-state index in [1.54, 1.807) is 93.2 Å². The Hall–Kier alpha value is -9.28. The van der Waals surface area contributed by atoms with Crippen LogP contribution in [0.2, 0.25) is 15.1 Å². The minimum atomic E-state index is -4.55. The van der Waals surface area contributed by atoms with Gasteiger partial charge in [-0.3, -0.25) is 14.4 Å². The van der Waals surface area contributed by atoms with Crippen LogP contribution in [0.3, 0.4) is 0 Å². The molecule has 23 nitrogen and oxygen atoms in total. The van der Waals surface area contributed by atoms with E-state index in [9.17, 15) is 36.3 Å². The number of carbonyl (C=O) groups excluding carboxylic acids is 3. The fourth-order valence-corrected chi connectivity index (χ4v) is 9.60. The van der Waals surface area contributed by atoms with Crippen molar-refractivity contribution in [2.75, 3.05) is 56.9 Å². The molecular weight excluding hydrogens is 1250 g/mol. The number of halogens is 8. The highest BCUT2D eigenvalue weighted by Gasteiger charge is 2.36. The van der Waals surface area contributed by atoms with Crippen LogP contribution in [0.15, 0.2) is 92.0 Å². The molecule has 2 atom stereocenters. The average molecular weight is 1320 g/mol. The predicted molar refractivity (Wildman–Crippen MR) is 341 cm³/mol.